The van der Waals surface area contributed by atoms with Crippen molar-refractivity contribution in [2.24, 2.45) is 0 Å². The fraction of sp³-hybridized carbons (Fsp3) is 0.429. The van der Waals surface area contributed by atoms with Crippen LogP contribution >= 0.6 is 0 Å². The molecule has 0 N–H and O–H groups in total. The van der Waals surface area contributed by atoms with Gasteiger partial charge in [-0.25, -0.2) is 4.39 Å². The highest BCUT2D eigenvalue weighted by Gasteiger charge is 2.14. The van der Waals surface area contributed by atoms with Crippen LogP contribution in [0.25, 0.3) is 0 Å². The van der Waals surface area contributed by atoms with Crippen molar-refractivity contribution >= 4 is 0 Å². The first-order valence-corrected chi connectivity index (χ1v) is 5.59. The second-order valence-electron chi connectivity index (χ2n) is 4.46. The third-order valence-electron chi connectivity index (χ3n) is 3.19. The van der Waals surface area contributed by atoms with Crippen LogP contribution in [0.15, 0.2) is 46.3 Å². The van der Waals surface area contributed by atoms with E-state index in [-0.39, 0.29) is 5.83 Å². The molecule has 0 aliphatic heterocycles. The van der Waals surface area contributed by atoms with Crippen molar-refractivity contribution in [1.82, 2.24) is 0 Å². The van der Waals surface area contributed by atoms with Gasteiger partial charge in [-0.1, -0.05) is 17.7 Å². The van der Waals surface area contributed by atoms with Crippen molar-refractivity contribution in [2.75, 3.05) is 0 Å². The summed E-state index contributed by atoms with van der Waals surface area (Å²) in [5.41, 5.74) is 5.58. The zero-order chi connectivity index (χ0) is 10.8. The zero-order valence-corrected chi connectivity index (χ0v) is 9.44. The lowest BCUT2D eigenvalue weighted by Gasteiger charge is -2.20. The topological polar surface area (TPSA) is 0 Å². The van der Waals surface area contributed by atoms with Crippen LogP contribution in [0.3, 0.4) is 0 Å². The fourth-order valence-corrected chi connectivity index (χ4v) is 2.33. The van der Waals surface area contributed by atoms with Gasteiger partial charge in [0.15, 0.2) is 0 Å². The molecule has 0 aromatic rings. The fourth-order valence-electron chi connectivity index (χ4n) is 2.33. The van der Waals surface area contributed by atoms with E-state index in [1.807, 2.05) is 6.08 Å². The van der Waals surface area contributed by atoms with Crippen LogP contribution in [0.1, 0.15) is 39.5 Å². The lowest BCUT2D eigenvalue weighted by Crippen LogP contribution is -2.01. The van der Waals surface area contributed by atoms with Crippen LogP contribution < -0.4 is 0 Å². The molecule has 1 heteroatoms. The molecule has 2 aliphatic rings. The highest BCUT2D eigenvalue weighted by atomic mass is 19.1. The third kappa shape index (κ3) is 2.28. The predicted octanol–water partition coefficient (Wildman–Crippen LogP) is 4.62. The summed E-state index contributed by atoms with van der Waals surface area (Å²) in [5, 5.41) is 0. The Balaban J connectivity index is 2.29. The van der Waals surface area contributed by atoms with Crippen LogP contribution in [-0.2, 0) is 0 Å². The summed E-state index contributed by atoms with van der Waals surface area (Å²) in [7, 11) is 0. The second-order valence-corrected chi connectivity index (χ2v) is 4.46. The van der Waals surface area contributed by atoms with E-state index >= 15 is 0 Å². The van der Waals surface area contributed by atoms with Crippen LogP contribution in [0.5, 0.6) is 0 Å². The smallest absolute Gasteiger partial charge is 0.100 e. The molecule has 80 valence electrons. The molecule has 2 aliphatic carbocycles. The Hall–Kier alpha value is -1.11. The van der Waals surface area contributed by atoms with E-state index < -0.39 is 0 Å². The summed E-state index contributed by atoms with van der Waals surface area (Å²) in [6, 6.07) is 0. The standard InChI is InChI=1S/C14H17F/c1-10-3-8-14(11(2)9-10)12-4-6-13(15)7-5-12/h4,6,9H,3,5,7-8H2,1-2H3. The van der Waals surface area contributed by atoms with E-state index in [2.05, 4.69) is 19.9 Å². The van der Waals surface area contributed by atoms with Crippen molar-refractivity contribution in [1.29, 1.82) is 0 Å². The quantitative estimate of drug-likeness (QED) is 0.584. The number of hydrogen-bond acceptors (Lipinski definition) is 0. The normalized spacial score (nSPS) is 22.2. The Morgan fingerprint density at radius 1 is 1.00 bits per heavy atom. The molecule has 0 nitrogen and oxygen atoms in total. The minimum atomic E-state index is 0.0135. The summed E-state index contributed by atoms with van der Waals surface area (Å²) in [6.07, 6.45) is 9.53. The van der Waals surface area contributed by atoms with Crippen molar-refractivity contribution < 1.29 is 4.39 Å². The lowest BCUT2D eigenvalue weighted by atomic mass is 9.86. The van der Waals surface area contributed by atoms with Gasteiger partial charge in [-0.2, -0.15) is 0 Å². The maximum absolute atomic E-state index is 12.9. The highest BCUT2D eigenvalue weighted by Crippen LogP contribution is 2.33. The summed E-state index contributed by atoms with van der Waals surface area (Å²) in [4.78, 5) is 0. The van der Waals surface area contributed by atoms with Gasteiger partial charge in [0, 0.05) is 6.42 Å². The summed E-state index contributed by atoms with van der Waals surface area (Å²) in [6.45, 7) is 4.34. The maximum Gasteiger partial charge on any atom is 0.100 e. The molecule has 0 radical (unpaired) electrons. The molecule has 0 spiro atoms. The van der Waals surface area contributed by atoms with Crippen molar-refractivity contribution in [3.8, 4) is 0 Å². The molecule has 15 heavy (non-hydrogen) atoms. The zero-order valence-electron chi connectivity index (χ0n) is 9.44. The largest absolute Gasteiger partial charge is 0.212 e. The molecule has 0 unspecified atom stereocenters. The lowest BCUT2D eigenvalue weighted by molar-refractivity contribution is 0.582. The van der Waals surface area contributed by atoms with Gasteiger partial charge in [0.2, 0.25) is 0 Å². The van der Waals surface area contributed by atoms with Crippen LogP contribution in [0.4, 0.5) is 4.39 Å². The van der Waals surface area contributed by atoms with Gasteiger partial charge in [-0.05, 0) is 55.9 Å². The highest BCUT2D eigenvalue weighted by molar-refractivity contribution is 5.45. The Labute approximate surface area is 90.9 Å². The average Bonchev–Trinajstić information content (AvgIpc) is 2.20. The van der Waals surface area contributed by atoms with Gasteiger partial charge in [-0.15, -0.1) is 0 Å². The van der Waals surface area contributed by atoms with E-state index in [0.29, 0.717) is 6.42 Å². The van der Waals surface area contributed by atoms with E-state index in [4.69, 9.17) is 0 Å². The summed E-state index contributed by atoms with van der Waals surface area (Å²) >= 11 is 0. The SMILES string of the molecule is CC1=CC(C)=C(C2=CC=C(F)CC2)CC1. The Morgan fingerprint density at radius 3 is 2.40 bits per heavy atom. The molecule has 0 bridgehead atoms. The number of hydrogen-bond donors (Lipinski definition) is 0. The molecule has 0 fully saturated rings. The Kier molecular flexibility index (Phi) is 2.90. The molecule has 0 heterocycles. The van der Waals surface area contributed by atoms with Crippen LogP contribution in [0, 0.1) is 0 Å². The molecule has 0 aromatic carbocycles. The first kappa shape index (κ1) is 10.4. The third-order valence-corrected chi connectivity index (χ3v) is 3.19. The molecule has 0 aromatic heterocycles. The van der Waals surface area contributed by atoms with E-state index in [0.717, 1.165) is 19.3 Å². The molecule has 0 saturated carbocycles. The molecular formula is C14H17F. The first-order chi connectivity index (χ1) is 7.16. The molecule has 0 saturated heterocycles. The maximum atomic E-state index is 12.9. The Morgan fingerprint density at radius 2 is 1.80 bits per heavy atom. The number of rotatable bonds is 1. The Bertz CT molecular complexity index is 392. The second kappa shape index (κ2) is 4.18. The van der Waals surface area contributed by atoms with E-state index in [9.17, 15) is 4.39 Å². The number of allylic oxidation sites excluding steroid dienone is 8. The van der Waals surface area contributed by atoms with Crippen molar-refractivity contribution in [3.63, 3.8) is 0 Å². The van der Waals surface area contributed by atoms with E-state index in [1.54, 1.807) is 6.08 Å². The van der Waals surface area contributed by atoms with Gasteiger partial charge in [0.05, 0.1) is 0 Å². The monoisotopic (exact) mass is 204 g/mol. The van der Waals surface area contributed by atoms with E-state index in [1.165, 1.54) is 22.3 Å². The predicted molar refractivity (Wildman–Crippen MR) is 62.2 cm³/mol. The molecular weight excluding hydrogens is 187 g/mol. The van der Waals surface area contributed by atoms with Gasteiger partial charge in [0.1, 0.15) is 5.83 Å². The average molecular weight is 204 g/mol. The van der Waals surface area contributed by atoms with Crippen LogP contribution in [0.2, 0.25) is 0 Å². The van der Waals surface area contributed by atoms with Gasteiger partial charge in [0.25, 0.3) is 0 Å². The van der Waals surface area contributed by atoms with Crippen molar-refractivity contribution in [3.05, 3.63) is 46.3 Å². The molecule has 2 rings (SSSR count). The summed E-state index contributed by atoms with van der Waals surface area (Å²) < 4.78 is 12.9. The first-order valence-electron chi connectivity index (χ1n) is 5.59. The molecule has 0 atom stereocenters. The minimum absolute atomic E-state index is 0.0135. The minimum Gasteiger partial charge on any atom is -0.212 e. The van der Waals surface area contributed by atoms with Gasteiger partial charge in [-0.3, -0.25) is 0 Å². The van der Waals surface area contributed by atoms with Gasteiger partial charge < -0.3 is 0 Å². The van der Waals surface area contributed by atoms with Crippen LogP contribution in [-0.4, -0.2) is 0 Å². The number of halogens is 1. The molecule has 0 amide bonds. The van der Waals surface area contributed by atoms with Gasteiger partial charge >= 0.3 is 0 Å². The van der Waals surface area contributed by atoms with Crippen molar-refractivity contribution in [2.45, 2.75) is 39.5 Å². The summed E-state index contributed by atoms with van der Waals surface area (Å²) in [5.74, 6) is 0.0135.